The van der Waals surface area contributed by atoms with E-state index in [1.807, 2.05) is 17.0 Å². The van der Waals surface area contributed by atoms with Crippen molar-refractivity contribution in [2.24, 2.45) is 0 Å². The van der Waals surface area contributed by atoms with Crippen LogP contribution in [0.3, 0.4) is 0 Å². The first-order valence-corrected chi connectivity index (χ1v) is 14.1. The number of hydrogen-bond donors (Lipinski definition) is 2. The van der Waals surface area contributed by atoms with Crippen molar-refractivity contribution in [3.8, 4) is 11.5 Å². The van der Waals surface area contributed by atoms with Gasteiger partial charge in [0.05, 0.1) is 30.9 Å². The molecule has 208 valence electrons. The Labute approximate surface area is 232 Å². The minimum atomic E-state index is -4.10. The van der Waals surface area contributed by atoms with Crippen LogP contribution in [0.15, 0.2) is 71.6 Å². The number of para-hydroxylation sites is 3. The molecule has 2 N–H and O–H groups in total. The minimum absolute atomic E-state index is 0.00536. The number of rotatable bonds is 8. The van der Waals surface area contributed by atoms with Crippen LogP contribution in [0.4, 0.5) is 23.0 Å². The number of carbonyl (C=O) groups excluding carboxylic acids is 1. The topological polar surface area (TPSA) is 126 Å². The molecule has 1 saturated heterocycles. The average Bonchev–Trinajstić information content (AvgIpc) is 2.97. The van der Waals surface area contributed by atoms with E-state index in [0.29, 0.717) is 60.1 Å². The minimum Gasteiger partial charge on any atom is -0.497 e. The second kappa shape index (κ2) is 11.3. The van der Waals surface area contributed by atoms with Crippen LogP contribution in [0.1, 0.15) is 6.92 Å². The summed E-state index contributed by atoms with van der Waals surface area (Å²) in [5.74, 6) is 1.36. The normalized spacial score (nSPS) is 13.7. The Bertz CT molecular complexity index is 1630. The number of nitrogens with zero attached hydrogens (tertiary/aromatic N) is 4. The average molecular weight is 563 g/mol. The molecule has 1 aliphatic heterocycles. The number of fused-ring (bicyclic) bond motifs is 1. The number of methoxy groups -OCH3 is 2. The van der Waals surface area contributed by atoms with Crippen LogP contribution in [0.2, 0.25) is 0 Å². The first kappa shape index (κ1) is 27.0. The number of sulfonamides is 1. The molecule has 11 nitrogen and oxygen atoms in total. The van der Waals surface area contributed by atoms with Gasteiger partial charge in [-0.2, -0.15) is 0 Å². The van der Waals surface area contributed by atoms with Crippen molar-refractivity contribution in [2.45, 2.75) is 11.8 Å². The predicted octanol–water partition coefficient (Wildman–Crippen LogP) is 3.86. The molecule has 0 unspecified atom stereocenters. The first-order valence-electron chi connectivity index (χ1n) is 12.7. The Balaban J connectivity index is 1.51. The molecule has 0 atom stereocenters. The largest absolute Gasteiger partial charge is 0.497 e. The molecule has 2 heterocycles. The number of anilines is 4. The standard InChI is InChI=1S/C28H30N6O5S/c1-19(35)33-12-14-34(15-13-33)25-10-6-7-11-26(25)40(36,37)32-28-27(30-23-8-4-5-9-24(23)31-28)29-20-16-21(38-2)18-22(17-20)39-3/h4-11,16-18H,12-15H2,1-3H3,(H,29,30)(H,31,32). The van der Waals surface area contributed by atoms with E-state index >= 15 is 0 Å². The molecule has 0 spiro atoms. The van der Waals surface area contributed by atoms with Crippen molar-refractivity contribution in [3.63, 3.8) is 0 Å². The molecule has 1 aliphatic rings. The number of amides is 1. The van der Waals surface area contributed by atoms with Crippen molar-refractivity contribution in [1.82, 2.24) is 14.9 Å². The third kappa shape index (κ3) is 5.71. The summed E-state index contributed by atoms with van der Waals surface area (Å²) in [6, 6.07) is 19.2. The Morgan fingerprint density at radius 1 is 0.825 bits per heavy atom. The molecular formula is C28H30N6O5S. The Morgan fingerprint density at radius 2 is 1.40 bits per heavy atom. The maximum atomic E-state index is 13.8. The number of aromatic nitrogens is 2. The molecule has 1 fully saturated rings. The maximum Gasteiger partial charge on any atom is 0.265 e. The smallest absolute Gasteiger partial charge is 0.265 e. The SMILES string of the molecule is COc1cc(Nc2nc3ccccc3nc2NS(=O)(=O)c2ccccc2N2CCN(C(C)=O)CC2)cc(OC)c1. The van der Waals surface area contributed by atoms with Gasteiger partial charge in [-0.1, -0.05) is 24.3 Å². The fourth-order valence-corrected chi connectivity index (χ4v) is 5.80. The van der Waals surface area contributed by atoms with Crippen LogP contribution >= 0.6 is 0 Å². The van der Waals surface area contributed by atoms with E-state index in [0.717, 1.165) is 0 Å². The number of piperazine rings is 1. The van der Waals surface area contributed by atoms with E-state index in [1.165, 1.54) is 6.92 Å². The fourth-order valence-electron chi connectivity index (χ4n) is 4.56. The van der Waals surface area contributed by atoms with E-state index in [9.17, 15) is 13.2 Å². The summed E-state index contributed by atoms with van der Waals surface area (Å²) in [6.45, 7) is 3.62. The van der Waals surface area contributed by atoms with Crippen LogP contribution in [-0.4, -0.2) is 69.6 Å². The van der Waals surface area contributed by atoms with Gasteiger partial charge in [0.25, 0.3) is 10.0 Å². The van der Waals surface area contributed by atoms with Gasteiger partial charge in [0.15, 0.2) is 11.6 Å². The van der Waals surface area contributed by atoms with E-state index in [-0.39, 0.29) is 22.4 Å². The zero-order chi connectivity index (χ0) is 28.3. The number of carbonyl (C=O) groups is 1. The lowest BCUT2D eigenvalue weighted by atomic mass is 10.2. The highest BCUT2D eigenvalue weighted by Gasteiger charge is 2.27. The van der Waals surface area contributed by atoms with Crippen LogP contribution in [0.25, 0.3) is 11.0 Å². The van der Waals surface area contributed by atoms with Crippen molar-refractivity contribution in [1.29, 1.82) is 0 Å². The summed E-state index contributed by atoms with van der Waals surface area (Å²) in [4.78, 5) is 24.9. The second-order valence-electron chi connectivity index (χ2n) is 9.20. The van der Waals surface area contributed by atoms with E-state index in [2.05, 4.69) is 20.0 Å². The predicted molar refractivity (Wildman–Crippen MR) is 154 cm³/mol. The highest BCUT2D eigenvalue weighted by Crippen LogP contribution is 2.33. The summed E-state index contributed by atoms with van der Waals surface area (Å²) in [5.41, 5.74) is 2.25. The molecular weight excluding hydrogens is 532 g/mol. The maximum absolute atomic E-state index is 13.8. The van der Waals surface area contributed by atoms with Gasteiger partial charge in [-0.3, -0.25) is 9.52 Å². The number of benzene rings is 3. The highest BCUT2D eigenvalue weighted by atomic mass is 32.2. The Kier molecular flexibility index (Phi) is 7.60. The monoisotopic (exact) mass is 562 g/mol. The summed E-state index contributed by atoms with van der Waals surface area (Å²) in [6.07, 6.45) is 0. The molecule has 0 aliphatic carbocycles. The Morgan fingerprint density at radius 3 is 2.00 bits per heavy atom. The summed E-state index contributed by atoms with van der Waals surface area (Å²) in [5, 5.41) is 3.17. The molecule has 0 bridgehead atoms. The lowest BCUT2D eigenvalue weighted by molar-refractivity contribution is -0.129. The molecule has 0 saturated carbocycles. The molecule has 40 heavy (non-hydrogen) atoms. The lowest BCUT2D eigenvalue weighted by Crippen LogP contribution is -2.48. The zero-order valence-electron chi connectivity index (χ0n) is 22.4. The van der Waals surface area contributed by atoms with Crippen LogP contribution in [0.5, 0.6) is 11.5 Å². The second-order valence-corrected chi connectivity index (χ2v) is 10.9. The van der Waals surface area contributed by atoms with Crippen LogP contribution < -0.4 is 24.4 Å². The zero-order valence-corrected chi connectivity index (χ0v) is 23.2. The molecule has 4 aromatic rings. The van der Waals surface area contributed by atoms with Gasteiger partial charge in [0, 0.05) is 57.0 Å². The van der Waals surface area contributed by atoms with Gasteiger partial charge >= 0.3 is 0 Å². The van der Waals surface area contributed by atoms with E-state index in [4.69, 9.17) is 9.47 Å². The van der Waals surface area contributed by atoms with Crippen molar-refractivity contribution in [3.05, 3.63) is 66.7 Å². The van der Waals surface area contributed by atoms with Gasteiger partial charge in [-0.15, -0.1) is 0 Å². The van der Waals surface area contributed by atoms with Gasteiger partial charge in [0.1, 0.15) is 16.4 Å². The molecule has 1 aromatic heterocycles. The molecule has 0 radical (unpaired) electrons. The van der Waals surface area contributed by atoms with Crippen molar-refractivity contribution >= 4 is 50.0 Å². The van der Waals surface area contributed by atoms with Crippen LogP contribution in [-0.2, 0) is 14.8 Å². The van der Waals surface area contributed by atoms with Gasteiger partial charge < -0.3 is 24.6 Å². The number of hydrogen-bond acceptors (Lipinski definition) is 9. The number of ether oxygens (including phenoxy) is 2. The van der Waals surface area contributed by atoms with E-state index in [1.54, 1.807) is 73.7 Å². The summed E-state index contributed by atoms with van der Waals surface area (Å²) in [7, 11) is -1.00. The molecule has 1 amide bonds. The molecule has 5 rings (SSSR count). The lowest BCUT2D eigenvalue weighted by Gasteiger charge is -2.36. The first-order chi connectivity index (χ1) is 19.3. The van der Waals surface area contributed by atoms with Crippen molar-refractivity contribution in [2.75, 3.05) is 55.3 Å². The highest BCUT2D eigenvalue weighted by molar-refractivity contribution is 7.92. The summed E-state index contributed by atoms with van der Waals surface area (Å²) >= 11 is 0. The third-order valence-corrected chi connectivity index (χ3v) is 8.02. The fraction of sp³-hybridized carbons (Fsp3) is 0.250. The summed E-state index contributed by atoms with van der Waals surface area (Å²) < 4.78 is 41.1. The van der Waals surface area contributed by atoms with E-state index < -0.39 is 10.0 Å². The van der Waals surface area contributed by atoms with Gasteiger partial charge in [-0.25, -0.2) is 18.4 Å². The van der Waals surface area contributed by atoms with Crippen LogP contribution in [0, 0.1) is 0 Å². The molecule has 12 heteroatoms. The van der Waals surface area contributed by atoms with Gasteiger partial charge in [-0.05, 0) is 24.3 Å². The quantitative estimate of drug-likeness (QED) is 0.329. The third-order valence-electron chi connectivity index (χ3n) is 6.64. The Hall–Kier alpha value is -4.58. The number of nitrogens with one attached hydrogen (secondary N) is 2. The van der Waals surface area contributed by atoms with Crippen molar-refractivity contribution < 1.29 is 22.7 Å². The van der Waals surface area contributed by atoms with Gasteiger partial charge in [0.2, 0.25) is 5.91 Å². The molecule has 3 aromatic carbocycles.